The van der Waals surface area contributed by atoms with Crippen LogP contribution in [0.5, 0.6) is 0 Å². The highest BCUT2D eigenvalue weighted by atomic mass is 19.1. The summed E-state index contributed by atoms with van der Waals surface area (Å²) >= 11 is 0. The molecule has 6 heteroatoms. The zero-order valence-electron chi connectivity index (χ0n) is 14.9. The molecular weight excluding hydrogens is 331 g/mol. The maximum atomic E-state index is 14.0. The minimum atomic E-state index is -0.374. The summed E-state index contributed by atoms with van der Waals surface area (Å²) in [5, 5.41) is 17.4. The first-order valence-electron chi connectivity index (χ1n) is 8.67. The zero-order chi connectivity index (χ0) is 18.5. The number of benzene rings is 2. The third-order valence-corrected chi connectivity index (χ3v) is 4.38. The summed E-state index contributed by atoms with van der Waals surface area (Å²) in [5.41, 5.74) is 1.59. The van der Waals surface area contributed by atoms with Crippen LogP contribution in [0.4, 0.5) is 10.2 Å². The Kier molecular flexibility index (Phi) is 5.75. The number of fused-ring (bicyclic) bond motifs is 1. The van der Waals surface area contributed by atoms with E-state index in [1.807, 2.05) is 31.3 Å². The normalized spacial score (nSPS) is 13.5. The number of likely N-dealkylation sites (N-methyl/N-ethyl adjacent to an activating group) is 1. The zero-order valence-corrected chi connectivity index (χ0v) is 14.9. The van der Waals surface area contributed by atoms with Gasteiger partial charge in [0.2, 0.25) is 0 Å². The topological polar surface area (TPSA) is 70.1 Å². The Bertz CT molecular complexity index is 885. The summed E-state index contributed by atoms with van der Waals surface area (Å²) in [7, 11) is 1.87. The number of nitrogens with zero attached hydrogens (tertiary/aromatic N) is 2. The fourth-order valence-electron chi connectivity index (χ4n) is 3.03. The molecule has 0 radical (unpaired) electrons. The smallest absolute Gasteiger partial charge is 0.131 e. The van der Waals surface area contributed by atoms with E-state index in [1.54, 1.807) is 19.1 Å². The van der Waals surface area contributed by atoms with Crippen molar-refractivity contribution >= 4 is 16.6 Å². The van der Waals surface area contributed by atoms with Crippen LogP contribution >= 0.6 is 0 Å². The summed E-state index contributed by atoms with van der Waals surface area (Å²) in [6, 6.07) is 12.6. The molecule has 3 N–H and O–H groups in total. The quantitative estimate of drug-likeness (QED) is 0.608. The van der Waals surface area contributed by atoms with Crippen LogP contribution in [0.1, 0.15) is 13.3 Å². The Morgan fingerprint density at radius 2 is 1.88 bits per heavy atom. The molecule has 3 aromatic rings. The van der Waals surface area contributed by atoms with Gasteiger partial charge in [-0.3, -0.25) is 0 Å². The molecule has 26 heavy (non-hydrogen) atoms. The van der Waals surface area contributed by atoms with Crippen LogP contribution in [-0.2, 0) is 0 Å². The molecule has 0 spiro atoms. The maximum Gasteiger partial charge on any atom is 0.131 e. The van der Waals surface area contributed by atoms with Gasteiger partial charge in [-0.05, 0) is 37.9 Å². The molecule has 0 aliphatic heterocycles. The Hall–Kier alpha value is -2.57. The van der Waals surface area contributed by atoms with Gasteiger partial charge in [0.05, 0.1) is 11.8 Å². The predicted molar refractivity (Wildman–Crippen MR) is 103 cm³/mol. The summed E-state index contributed by atoms with van der Waals surface area (Å²) in [6.45, 7) is 2.40. The van der Waals surface area contributed by atoms with Crippen LogP contribution in [-0.4, -0.2) is 40.8 Å². The second-order valence-corrected chi connectivity index (χ2v) is 6.38. The van der Waals surface area contributed by atoms with Crippen molar-refractivity contribution in [3.63, 3.8) is 0 Å². The van der Waals surface area contributed by atoms with Gasteiger partial charge in [-0.1, -0.05) is 24.3 Å². The molecule has 3 rings (SSSR count). The van der Waals surface area contributed by atoms with E-state index in [2.05, 4.69) is 20.6 Å². The number of aliphatic hydroxyl groups excluding tert-OH is 1. The number of rotatable bonds is 7. The molecule has 136 valence electrons. The van der Waals surface area contributed by atoms with Gasteiger partial charge in [0.1, 0.15) is 18.0 Å². The number of halogens is 1. The van der Waals surface area contributed by atoms with Crippen molar-refractivity contribution in [2.24, 2.45) is 0 Å². The van der Waals surface area contributed by atoms with Gasteiger partial charge in [-0.15, -0.1) is 0 Å². The van der Waals surface area contributed by atoms with Gasteiger partial charge in [0, 0.05) is 29.6 Å². The van der Waals surface area contributed by atoms with Crippen LogP contribution in [0.2, 0.25) is 0 Å². The SMILES string of the molecule is CNC(CNc1cc(-c2ccc(F)c3ccccc23)ncn1)CC(C)O. The molecule has 1 heterocycles. The lowest BCUT2D eigenvalue weighted by atomic mass is 10.0. The first-order valence-corrected chi connectivity index (χ1v) is 8.67. The molecule has 2 unspecified atom stereocenters. The van der Waals surface area contributed by atoms with Crippen molar-refractivity contribution in [3.05, 3.63) is 54.6 Å². The van der Waals surface area contributed by atoms with E-state index in [0.29, 0.717) is 24.2 Å². The van der Waals surface area contributed by atoms with E-state index in [4.69, 9.17) is 0 Å². The molecule has 0 fully saturated rings. The van der Waals surface area contributed by atoms with Crippen molar-refractivity contribution in [1.82, 2.24) is 15.3 Å². The fraction of sp³-hybridized carbons (Fsp3) is 0.300. The Morgan fingerprint density at radius 3 is 2.62 bits per heavy atom. The van der Waals surface area contributed by atoms with E-state index in [1.165, 1.54) is 12.4 Å². The van der Waals surface area contributed by atoms with Crippen molar-refractivity contribution in [2.75, 3.05) is 18.9 Å². The highest BCUT2D eigenvalue weighted by Gasteiger charge is 2.12. The maximum absolute atomic E-state index is 14.0. The molecule has 0 aliphatic rings. The molecule has 0 amide bonds. The molecule has 5 nitrogen and oxygen atoms in total. The van der Waals surface area contributed by atoms with Crippen molar-refractivity contribution in [2.45, 2.75) is 25.5 Å². The number of aromatic nitrogens is 2. The van der Waals surface area contributed by atoms with Gasteiger partial charge in [-0.25, -0.2) is 14.4 Å². The average molecular weight is 354 g/mol. The van der Waals surface area contributed by atoms with Gasteiger partial charge in [0.15, 0.2) is 0 Å². The van der Waals surface area contributed by atoms with E-state index >= 15 is 0 Å². The largest absolute Gasteiger partial charge is 0.393 e. The molecule has 2 aromatic carbocycles. The summed E-state index contributed by atoms with van der Waals surface area (Å²) < 4.78 is 14.0. The lowest BCUT2D eigenvalue weighted by molar-refractivity contribution is 0.171. The lowest BCUT2D eigenvalue weighted by Crippen LogP contribution is -2.35. The van der Waals surface area contributed by atoms with Crippen LogP contribution in [0.25, 0.3) is 22.0 Å². The number of aliphatic hydroxyl groups is 1. The Labute approximate surface area is 152 Å². The van der Waals surface area contributed by atoms with Crippen molar-refractivity contribution in [3.8, 4) is 11.3 Å². The molecular formula is C20H23FN4O. The minimum absolute atomic E-state index is 0.125. The van der Waals surface area contributed by atoms with Crippen LogP contribution in [0, 0.1) is 5.82 Å². The lowest BCUT2D eigenvalue weighted by Gasteiger charge is -2.18. The van der Waals surface area contributed by atoms with Gasteiger partial charge in [-0.2, -0.15) is 0 Å². The second kappa shape index (κ2) is 8.21. The van der Waals surface area contributed by atoms with Crippen molar-refractivity contribution in [1.29, 1.82) is 0 Å². The highest BCUT2D eigenvalue weighted by Crippen LogP contribution is 2.29. The second-order valence-electron chi connectivity index (χ2n) is 6.38. The van der Waals surface area contributed by atoms with Crippen molar-refractivity contribution < 1.29 is 9.50 Å². The highest BCUT2D eigenvalue weighted by molar-refractivity contribution is 5.96. The number of anilines is 1. The monoisotopic (exact) mass is 354 g/mol. The number of nitrogens with one attached hydrogen (secondary N) is 2. The summed E-state index contributed by atoms with van der Waals surface area (Å²) in [6.07, 6.45) is 1.77. The molecule has 0 saturated carbocycles. The first kappa shape index (κ1) is 18.2. The molecule has 0 aliphatic carbocycles. The minimum Gasteiger partial charge on any atom is -0.393 e. The molecule has 1 aromatic heterocycles. The predicted octanol–water partition coefficient (Wildman–Crippen LogP) is 3.21. The van der Waals surface area contributed by atoms with Gasteiger partial charge < -0.3 is 15.7 Å². The molecule has 2 atom stereocenters. The average Bonchev–Trinajstić information content (AvgIpc) is 2.65. The Balaban J connectivity index is 1.85. The number of hydrogen-bond acceptors (Lipinski definition) is 5. The van der Waals surface area contributed by atoms with E-state index < -0.39 is 0 Å². The van der Waals surface area contributed by atoms with E-state index in [0.717, 1.165) is 16.6 Å². The summed E-state index contributed by atoms with van der Waals surface area (Å²) in [4.78, 5) is 8.62. The van der Waals surface area contributed by atoms with Crippen LogP contribution in [0.3, 0.4) is 0 Å². The van der Waals surface area contributed by atoms with E-state index in [9.17, 15) is 9.50 Å². The Morgan fingerprint density at radius 1 is 1.12 bits per heavy atom. The van der Waals surface area contributed by atoms with Crippen LogP contribution < -0.4 is 10.6 Å². The third-order valence-electron chi connectivity index (χ3n) is 4.38. The van der Waals surface area contributed by atoms with Gasteiger partial charge in [0.25, 0.3) is 0 Å². The molecule has 0 bridgehead atoms. The summed E-state index contributed by atoms with van der Waals surface area (Å²) in [5.74, 6) is 0.445. The standard InChI is InChI=1S/C20H23FN4O/c1-13(26)9-14(22-2)11-23-20-10-19(24-12-25-20)17-7-8-18(21)16-6-4-3-5-15(16)17/h3-8,10,12-14,22,26H,9,11H2,1-2H3,(H,23,24,25). The van der Waals surface area contributed by atoms with Crippen LogP contribution in [0.15, 0.2) is 48.8 Å². The fourth-order valence-corrected chi connectivity index (χ4v) is 3.03. The first-order chi connectivity index (χ1) is 12.6. The number of hydrogen-bond donors (Lipinski definition) is 3. The third kappa shape index (κ3) is 4.15. The molecule has 0 saturated heterocycles. The van der Waals surface area contributed by atoms with Gasteiger partial charge >= 0.3 is 0 Å². The van der Waals surface area contributed by atoms with E-state index in [-0.39, 0.29) is 18.0 Å².